The predicted octanol–water partition coefficient (Wildman–Crippen LogP) is 12.1. The summed E-state index contributed by atoms with van der Waals surface area (Å²) in [4.78, 5) is 56.3. The Kier molecular flexibility index (Phi) is 11.5. The van der Waals surface area contributed by atoms with Crippen LogP contribution in [0.25, 0.3) is 16.3 Å². The number of benzene rings is 2. The van der Waals surface area contributed by atoms with Gasteiger partial charge in [-0.1, -0.05) is 89.1 Å². The highest BCUT2D eigenvalue weighted by molar-refractivity contribution is 5.98. The normalized spacial score (nSPS) is 30.1. The Morgan fingerprint density at radius 2 is 1.66 bits per heavy atom. The van der Waals surface area contributed by atoms with E-state index in [-0.39, 0.29) is 47.8 Å². The minimum absolute atomic E-state index is 0.0161. The first-order valence-electron chi connectivity index (χ1n) is 22.2. The first kappa shape index (κ1) is 40.8. The van der Waals surface area contributed by atoms with Gasteiger partial charge in [-0.2, -0.15) is 0 Å². The van der Waals surface area contributed by atoms with E-state index < -0.39 is 28.6 Å². The Labute approximate surface area is 337 Å². The van der Waals surface area contributed by atoms with Crippen molar-refractivity contribution in [1.82, 2.24) is 0 Å². The van der Waals surface area contributed by atoms with Crippen LogP contribution in [0.3, 0.4) is 0 Å². The van der Waals surface area contributed by atoms with Crippen molar-refractivity contribution in [3.05, 3.63) is 76.9 Å². The van der Waals surface area contributed by atoms with Gasteiger partial charge in [0, 0.05) is 42.4 Å². The lowest BCUT2D eigenvalue weighted by Crippen LogP contribution is -2.38. The van der Waals surface area contributed by atoms with E-state index in [1.165, 1.54) is 50.6 Å². The van der Waals surface area contributed by atoms with Gasteiger partial charge in [-0.15, -0.1) is 6.58 Å². The maximum atomic E-state index is 15.0. The average molecular weight is 757 g/mol. The number of carbonyl (C=O) groups excluding carboxylic acids is 4. The number of hydrogen-bond donors (Lipinski definition) is 0. The quantitative estimate of drug-likeness (QED) is 0.151. The summed E-state index contributed by atoms with van der Waals surface area (Å²) in [5, 5.41) is 2.50. The lowest BCUT2D eigenvalue weighted by molar-refractivity contribution is -0.139. The van der Waals surface area contributed by atoms with E-state index in [1.54, 1.807) is 6.92 Å². The zero-order valence-corrected chi connectivity index (χ0v) is 35.8. The van der Waals surface area contributed by atoms with Crippen LogP contribution in [-0.4, -0.2) is 23.1 Å². The van der Waals surface area contributed by atoms with E-state index in [0.29, 0.717) is 37.5 Å². The fourth-order valence-corrected chi connectivity index (χ4v) is 11.7. The number of aryl methyl sites for hydroxylation is 1. The molecule has 0 aromatic heterocycles. The first-order valence-corrected chi connectivity index (χ1v) is 22.2. The van der Waals surface area contributed by atoms with Crippen LogP contribution in [0.2, 0.25) is 0 Å². The summed E-state index contributed by atoms with van der Waals surface area (Å²) < 4.78 is 0. The lowest BCUT2D eigenvalue weighted by atomic mass is 9.69. The molecule has 2 aromatic rings. The zero-order valence-electron chi connectivity index (χ0n) is 35.8. The topological polar surface area (TPSA) is 68.3 Å². The largest absolute Gasteiger partial charge is 0.300 e. The van der Waals surface area contributed by atoms with Crippen molar-refractivity contribution < 1.29 is 19.2 Å². The molecule has 0 radical (unpaired) electrons. The smallest absolute Gasteiger partial charge is 0.140 e. The van der Waals surface area contributed by atoms with Gasteiger partial charge in [0.2, 0.25) is 0 Å². The molecule has 5 aliphatic rings. The SMILES string of the molecule is C=CC1CC1(CC(=O)C1CC(Cc2cc(C3=C(C)CC(CC(C)C)=C3)cc3cc(CC)ccc23)CC1C(=O)C(CC(=O)CC1CC2CC2C1)C(C)(C)C)C(C)=O. The highest BCUT2D eigenvalue weighted by Crippen LogP contribution is 2.58. The van der Waals surface area contributed by atoms with E-state index in [1.807, 2.05) is 6.08 Å². The minimum atomic E-state index is -0.678. The van der Waals surface area contributed by atoms with Crippen molar-refractivity contribution in [1.29, 1.82) is 0 Å². The number of hydrogen-bond acceptors (Lipinski definition) is 4. The molecule has 8 atom stereocenters. The minimum Gasteiger partial charge on any atom is -0.300 e. The molecule has 0 heterocycles. The predicted molar refractivity (Wildman–Crippen MR) is 229 cm³/mol. The van der Waals surface area contributed by atoms with Gasteiger partial charge in [-0.25, -0.2) is 0 Å². The fraction of sp³-hybridized carbons (Fsp3) is 0.615. The second kappa shape index (κ2) is 15.7. The molecule has 300 valence electrons. The van der Waals surface area contributed by atoms with E-state index in [9.17, 15) is 14.4 Å². The standard InChI is InChI=1S/C52H68O4/c1-10-33-12-13-44-39(16-33)25-41(45-21-34(14-30(3)4)15-31(45)5)26-40(44)19-36-22-46(49(55)29-52(32(6)53)28-42(52)11-2)47(23-36)50(56)48(51(7,8)9)27-43(54)20-35-17-37-24-38(37)18-35/h11-13,16,21,25-26,30,35-38,42,46-48H,2,10,14-15,17-20,22-24,27-29H2,1,3-9H3. The summed E-state index contributed by atoms with van der Waals surface area (Å²) in [6, 6.07) is 11.6. The molecule has 56 heavy (non-hydrogen) atoms. The van der Waals surface area contributed by atoms with Crippen LogP contribution in [0.15, 0.2) is 60.2 Å². The maximum absolute atomic E-state index is 15.0. The molecule has 0 N–H and O–H groups in total. The molecule has 7 rings (SSSR count). The number of Topliss-reactive ketones (excluding diaryl/α,β-unsaturated/α-hetero) is 4. The number of fused-ring (bicyclic) bond motifs is 2. The van der Waals surface area contributed by atoms with Crippen LogP contribution in [0.1, 0.15) is 143 Å². The third-order valence-corrected chi connectivity index (χ3v) is 15.0. The summed E-state index contributed by atoms with van der Waals surface area (Å²) in [5.41, 5.74) is 7.02. The van der Waals surface area contributed by atoms with Crippen LogP contribution in [0.5, 0.6) is 0 Å². The average Bonchev–Trinajstić information content (AvgIpc) is 3.86. The molecular formula is C52H68O4. The van der Waals surface area contributed by atoms with Crippen molar-refractivity contribution in [3.63, 3.8) is 0 Å². The number of allylic oxidation sites excluding steroid dienone is 5. The Bertz CT molecular complexity index is 1970. The van der Waals surface area contributed by atoms with Gasteiger partial charge in [0.25, 0.3) is 0 Å². The molecule has 4 heteroatoms. The second-order valence-electron chi connectivity index (χ2n) is 20.8. The Hall–Kier alpha value is -3.40. The van der Waals surface area contributed by atoms with Crippen LogP contribution in [-0.2, 0) is 32.0 Å². The van der Waals surface area contributed by atoms with Crippen molar-refractivity contribution in [2.45, 2.75) is 139 Å². The number of ketones is 4. The van der Waals surface area contributed by atoms with Gasteiger partial charge in [-0.05, 0) is 158 Å². The van der Waals surface area contributed by atoms with E-state index in [4.69, 9.17) is 0 Å². The highest BCUT2D eigenvalue weighted by Gasteiger charge is 2.58. The zero-order chi connectivity index (χ0) is 40.3. The van der Waals surface area contributed by atoms with Gasteiger partial charge in [0.15, 0.2) is 0 Å². The highest BCUT2D eigenvalue weighted by atomic mass is 16.1. The molecule has 4 fully saturated rings. The molecule has 0 bridgehead atoms. The molecule has 5 aliphatic carbocycles. The summed E-state index contributed by atoms with van der Waals surface area (Å²) in [6.07, 6.45) is 14.8. The lowest BCUT2D eigenvalue weighted by Gasteiger charge is -2.33. The molecule has 4 nitrogen and oxygen atoms in total. The summed E-state index contributed by atoms with van der Waals surface area (Å²) in [5.74, 6) is 1.95. The van der Waals surface area contributed by atoms with Crippen molar-refractivity contribution >= 4 is 39.5 Å². The first-order chi connectivity index (χ1) is 26.5. The van der Waals surface area contributed by atoms with Crippen molar-refractivity contribution in [3.8, 4) is 0 Å². The number of rotatable bonds is 17. The molecule has 0 amide bonds. The van der Waals surface area contributed by atoms with Crippen LogP contribution >= 0.6 is 0 Å². The van der Waals surface area contributed by atoms with E-state index >= 15 is 4.79 Å². The monoisotopic (exact) mass is 757 g/mol. The van der Waals surface area contributed by atoms with Crippen molar-refractivity contribution in [2.75, 3.05) is 0 Å². The van der Waals surface area contributed by atoms with Crippen LogP contribution in [0, 0.1) is 64.1 Å². The van der Waals surface area contributed by atoms with Gasteiger partial charge in [-0.3, -0.25) is 19.2 Å². The Morgan fingerprint density at radius 1 is 0.946 bits per heavy atom. The van der Waals surface area contributed by atoms with E-state index in [0.717, 1.165) is 50.4 Å². The van der Waals surface area contributed by atoms with Gasteiger partial charge >= 0.3 is 0 Å². The Balaban J connectivity index is 1.19. The molecule has 0 saturated heterocycles. The summed E-state index contributed by atoms with van der Waals surface area (Å²) in [7, 11) is 0. The van der Waals surface area contributed by atoms with Gasteiger partial charge in [0.05, 0.1) is 0 Å². The van der Waals surface area contributed by atoms with E-state index in [2.05, 4.69) is 91.5 Å². The second-order valence-corrected chi connectivity index (χ2v) is 20.8. The fourth-order valence-electron chi connectivity index (χ4n) is 11.7. The molecule has 4 saturated carbocycles. The molecular weight excluding hydrogens is 689 g/mol. The third kappa shape index (κ3) is 8.42. The molecule has 2 aromatic carbocycles. The van der Waals surface area contributed by atoms with Gasteiger partial charge in [0.1, 0.15) is 23.1 Å². The third-order valence-electron chi connectivity index (χ3n) is 15.0. The summed E-state index contributed by atoms with van der Waals surface area (Å²) >= 11 is 0. The maximum Gasteiger partial charge on any atom is 0.140 e. The summed E-state index contributed by atoms with van der Waals surface area (Å²) in [6.45, 7) is 20.9. The number of carbonyl (C=O) groups is 4. The molecule has 0 spiro atoms. The van der Waals surface area contributed by atoms with Crippen LogP contribution in [0.4, 0.5) is 0 Å². The van der Waals surface area contributed by atoms with Crippen molar-refractivity contribution in [2.24, 2.45) is 64.1 Å². The van der Waals surface area contributed by atoms with Gasteiger partial charge < -0.3 is 0 Å². The molecule has 0 aliphatic heterocycles. The van der Waals surface area contributed by atoms with Crippen LogP contribution < -0.4 is 0 Å². The Morgan fingerprint density at radius 3 is 2.29 bits per heavy atom. The molecule has 8 unspecified atom stereocenters.